The summed E-state index contributed by atoms with van der Waals surface area (Å²) in [6.45, 7) is 10.3. The minimum absolute atomic E-state index is 0.0491. The van der Waals surface area contributed by atoms with Crippen molar-refractivity contribution in [3.8, 4) is 22.6 Å². The molecule has 1 aliphatic heterocycles. The lowest BCUT2D eigenvalue weighted by Crippen LogP contribution is -2.39. The van der Waals surface area contributed by atoms with Crippen LogP contribution in [0.1, 0.15) is 50.9 Å². The van der Waals surface area contributed by atoms with Crippen LogP contribution in [0.3, 0.4) is 0 Å². The van der Waals surface area contributed by atoms with Gasteiger partial charge in [-0.25, -0.2) is 8.42 Å². The lowest BCUT2D eigenvalue weighted by molar-refractivity contribution is 0.116. The third-order valence-electron chi connectivity index (χ3n) is 7.96. The van der Waals surface area contributed by atoms with Crippen LogP contribution >= 0.6 is 15.9 Å². The number of halogens is 1. The summed E-state index contributed by atoms with van der Waals surface area (Å²) < 4.78 is 38.2. The van der Waals surface area contributed by atoms with Gasteiger partial charge in [-0.3, -0.25) is 9.88 Å². The number of aliphatic hydroxyl groups excluding tert-OH is 1. The summed E-state index contributed by atoms with van der Waals surface area (Å²) in [7, 11) is -1.30. The smallest absolute Gasteiger partial charge is 0.241 e. The van der Waals surface area contributed by atoms with Crippen molar-refractivity contribution in [1.82, 2.24) is 24.6 Å². The van der Waals surface area contributed by atoms with Gasteiger partial charge < -0.3 is 18.9 Å². The summed E-state index contributed by atoms with van der Waals surface area (Å²) >= 11 is 3.66. The quantitative estimate of drug-likeness (QED) is 0.249. The molecular formula is C30H38BrN5O5S. The zero-order valence-corrected chi connectivity index (χ0v) is 27.1. The summed E-state index contributed by atoms with van der Waals surface area (Å²) in [4.78, 5) is 11.5. The van der Waals surface area contributed by atoms with Crippen molar-refractivity contribution in [1.29, 1.82) is 0 Å². The average molecular weight is 661 g/mol. The number of fused-ring (bicyclic) bond motifs is 1. The van der Waals surface area contributed by atoms with Crippen molar-refractivity contribution in [3.63, 3.8) is 0 Å². The molecule has 1 aliphatic rings. The first-order valence-electron chi connectivity index (χ1n) is 14.2. The van der Waals surface area contributed by atoms with Crippen LogP contribution in [-0.2, 0) is 34.1 Å². The number of rotatable bonds is 10. The van der Waals surface area contributed by atoms with Crippen LogP contribution in [0.25, 0.3) is 33.5 Å². The molecule has 0 spiro atoms. The minimum Gasteiger partial charge on any atom is -0.396 e. The molecule has 0 saturated carbocycles. The number of hydrogen-bond acceptors (Lipinski definition) is 9. The fraction of sp³-hybridized carbons (Fsp3) is 0.500. The Morgan fingerprint density at radius 2 is 1.95 bits per heavy atom. The number of aryl methyl sites for hydroxylation is 1. The molecule has 4 heterocycles. The van der Waals surface area contributed by atoms with E-state index >= 15 is 0 Å². The topological polar surface area (TPSA) is 124 Å². The molecule has 226 valence electrons. The number of ether oxygens (including phenoxy) is 1. The van der Waals surface area contributed by atoms with E-state index in [9.17, 15) is 13.5 Å². The van der Waals surface area contributed by atoms with E-state index in [4.69, 9.17) is 14.2 Å². The highest BCUT2D eigenvalue weighted by molar-refractivity contribution is 9.10. The van der Waals surface area contributed by atoms with Crippen molar-refractivity contribution in [2.24, 2.45) is 5.41 Å². The molecule has 4 aromatic rings. The van der Waals surface area contributed by atoms with E-state index in [2.05, 4.69) is 63.5 Å². The molecule has 0 aliphatic carbocycles. The molecule has 3 aromatic heterocycles. The van der Waals surface area contributed by atoms with Crippen LogP contribution < -0.4 is 0 Å². The second-order valence-electron chi connectivity index (χ2n) is 11.7. The van der Waals surface area contributed by atoms with Crippen molar-refractivity contribution < 1.29 is 22.8 Å². The van der Waals surface area contributed by atoms with E-state index in [1.807, 2.05) is 24.0 Å². The summed E-state index contributed by atoms with van der Waals surface area (Å²) in [5, 5.41) is 15.6. The predicted octanol–water partition coefficient (Wildman–Crippen LogP) is 5.03. The third-order valence-corrected chi connectivity index (χ3v) is 10.1. The number of benzene rings is 1. The number of methoxy groups -OCH3 is 1. The minimum atomic E-state index is -2.97. The third kappa shape index (κ3) is 6.33. The van der Waals surface area contributed by atoms with Gasteiger partial charge in [0, 0.05) is 66.1 Å². The van der Waals surface area contributed by atoms with Gasteiger partial charge in [-0.2, -0.15) is 4.98 Å². The zero-order valence-electron chi connectivity index (χ0n) is 24.7. The highest BCUT2D eigenvalue weighted by Gasteiger charge is 2.29. The van der Waals surface area contributed by atoms with Crippen molar-refractivity contribution in [2.75, 3.05) is 38.3 Å². The Morgan fingerprint density at radius 3 is 2.62 bits per heavy atom. The number of pyridine rings is 1. The Bertz CT molecular complexity index is 1680. The standard InChI is InChI=1S/C30H38BrN5O5S/c1-6-36-25-8-7-21(31)14-22(25)24(15-30(3,4)18-37)28(36)23-13-20(16-32-27(23)19(2)40-5)29-33-26(41-34-29)17-35-9-11-42(38,39)12-10-35/h7-8,13-14,16,19,37H,6,9-12,15,17-18H2,1-5H3/t19-/m0/s1. The molecule has 0 bridgehead atoms. The first-order chi connectivity index (χ1) is 19.9. The summed E-state index contributed by atoms with van der Waals surface area (Å²) in [5.41, 5.74) is 5.31. The van der Waals surface area contributed by atoms with E-state index < -0.39 is 9.84 Å². The first-order valence-corrected chi connectivity index (χ1v) is 16.8. The second kappa shape index (κ2) is 12.2. The molecule has 1 saturated heterocycles. The van der Waals surface area contributed by atoms with Gasteiger partial charge >= 0.3 is 0 Å². The van der Waals surface area contributed by atoms with Crippen LogP contribution in [-0.4, -0.2) is 76.4 Å². The molecule has 1 atom stereocenters. The van der Waals surface area contributed by atoms with Crippen molar-refractivity contribution >= 4 is 36.7 Å². The van der Waals surface area contributed by atoms with Gasteiger partial charge in [-0.15, -0.1) is 0 Å². The monoisotopic (exact) mass is 659 g/mol. The van der Waals surface area contributed by atoms with Gasteiger partial charge in [-0.1, -0.05) is 34.9 Å². The Labute approximate surface area is 255 Å². The maximum atomic E-state index is 11.8. The molecule has 0 unspecified atom stereocenters. The highest BCUT2D eigenvalue weighted by atomic mass is 79.9. The van der Waals surface area contributed by atoms with Crippen LogP contribution in [0.15, 0.2) is 39.5 Å². The lowest BCUT2D eigenvalue weighted by Gasteiger charge is -2.24. The fourth-order valence-electron chi connectivity index (χ4n) is 5.50. The van der Waals surface area contributed by atoms with Gasteiger partial charge in [0.15, 0.2) is 9.84 Å². The van der Waals surface area contributed by atoms with Crippen LogP contribution in [0.4, 0.5) is 0 Å². The fourth-order valence-corrected chi connectivity index (χ4v) is 7.14. The largest absolute Gasteiger partial charge is 0.396 e. The first kappa shape index (κ1) is 30.8. The van der Waals surface area contributed by atoms with Gasteiger partial charge in [0.25, 0.3) is 0 Å². The number of sulfone groups is 1. The molecule has 1 N–H and O–H groups in total. The number of nitrogens with zero attached hydrogens (tertiary/aromatic N) is 5. The van der Waals surface area contributed by atoms with Gasteiger partial charge in [0.2, 0.25) is 11.7 Å². The van der Waals surface area contributed by atoms with Gasteiger partial charge in [0.05, 0.1) is 35.5 Å². The maximum absolute atomic E-state index is 11.8. The van der Waals surface area contributed by atoms with E-state index in [0.29, 0.717) is 43.3 Å². The number of aliphatic hydroxyl groups is 1. The summed E-state index contributed by atoms with van der Waals surface area (Å²) in [5.74, 6) is 1.12. The summed E-state index contributed by atoms with van der Waals surface area (Å²) in [6, 6.07) is 8.35. The van der Waals surface area contributed by atoms with E-state index in [1.54, 1.807) is 13.3 Å². The zero-order chi connectivity index (χ0) is 30.2. The van der Waals surface area contributed by atoms with Crippen molar-refractivity contribution in [3.05, 3.63) is 52.1 Å². The van der Waals surface area contributed by atoms with E-state index in [-0.39, 0.29) is 29.6 Å². The van der Waals surface area contributed by atoms with Crippen LogP contribution in [0, 0.1) is 5.41 Å². The molecular weight excluding hydrogens is 622 g/mol. The van der Waals surface area contributed by atoms with E-state index in [1.165, 1.54) is 0 Å². The lowest BCUT2D eigenvalue weighted by atomic mass is 9.84. The van der Waals surface area contributed by atoms with Crippen LogP contribution in [0.2, 0.25) is 0 Å². The normalized spacial score (nSPS) is 16.7. The Balaban J connectivity index is 1.63. The molecule has 1 aromatic carbocycles. The molecule has 5 rings (SSSR count). The molecule has 0 amide bonds. The van der Waals surface area contributed by atoms with Crippen molar-refractivity contribution in [2.45, 2.75) is 53.3 Å². The second-order valence-corrected chi connectivity index (χ2v) is 14.9. The molecule has 10 nitrogen and oxygen atoms in total. The SMILES string of the molecule is CCn1c(-c2cc(-c3noc(CN4CCS(=O)(=O)CC4)n3)cnc2[C@H](C)OC)c(CC(C)(C)CO)c2cc(Br)ccc21. The maximum Gasteiger partial charge on any atom is 0.241 e. The molecule has 1 fully saturated rings. The summed E-state index contributed by atoms with van der Waals surface area (Å²) in [6.07, 6.45) is 2.12. The molecule has 42 heavy (non-hydrogen) atoms. The number of hydrogen-bond donors (Lipinski definition) is 1. The predicted molar refractivity (Wildman–Crippen MR) is 166 cm³/mol. The Kier molecular flexibility index (Phi) is 8.92. The Morgan fingerprint density at radius 1 is 1.21 bits per heavy atom. The number of aromatic nitrogens is 4. The van der Waals surface area contributed by atoms with Gasteiger partial charge in [0.1, 0.15) is 0 Å². The van der Waals surface area contributed by atoms with Crippen LogP contribution in [0.5, 0.6) is 0 Å². The molecule has 12 heteroatoms. The van der Waals surface area contributed by atoms with Gasteiger partial charge in [-0.05, 0) is 55.5 Å². The van der Waals surface area contributed by atoms with E-state index in [0.717, 1.165) is 44.4 Å². The molecule has 0 radical (unpaired) electrons. The Hall–Kier alpha value is -2.64. The highest BCUT2D eigenvalue weighted by Crippen LogP contribution is 2.42. The average Bonchev–Trinajstić information content (AvgIpc) is 3.55.